The first-order valence-electron chi connectivity index (χ1n) is 9.53. The lowest BCUT2D eigenvalue weighted by molar-refractivity contribution is -0.139. The van der Waals surface area contributed by atoms with E-state index in [-0.39, 0.29) is 39.1 Å². The number of hydrogen-bond acceptors (Lipinski definition) is 2. The lowest BCUT2D eigenvalue weighted by Gasteiger charge is -2.18. The summed E-state index contributed by atoms with van der Waals surface area (Å²) < 4.78 is 41.5. The fraction of sp³-hybridized carbons (Fsp3) is 0.273. The Kier molecular flexibility index (Phi) is 9.67. The largest absolute Gasteiger partial charge is 0.399 e. The van der Waals surface area contributed by atoms with Gasteiger partial charge in [-0.2, -0.15) is 13.2 Å². The van der Waals surface area contributed by atoms with Gasteiger partial charge in [0.15, 0.2) is 0 Å². The van der Waals surface area contributed by atoms with Gasteiger partial charge in [-0.1, -0.05) is 53.0 Å². The lowest BCUT2D eigenvalue weighted by atomic mass is 9.97. The van der Waals surface area contributed by atoms with Gasteiger partial charge in [-0.15, -0.1) is 0 Å². The Bertz CT molecular complexity index is 1050. The Morgan fingerprint density at radius 3 is 2.24 bits per heavy atom. The molecule has 0 aliphatic rings. The van der Waals surface area contributed by atoms with E-state index in [1.165, 1.54) is 31.2 Å². The quantitative estimate of drug-likeness (QED) is 0.343. The summed E-state index contributed by atoms with van der Waals surface area (Å²) in [6, 6.07) is 6.47. The van der Waals surface area contributed by atoms with Gasteiger partial charge in [0.2, 0.25) is 5.91 Å². The van der Waals surface area contributed by atoms with Crippen LogP contribution < -0.4 is 10.6 Å². The molecule has 11 heteroatoms. The average molecular weight is 587 g/mol. The van der Waals surface area contributed by atoms with Crippen LogP contribution in [0.25, 0.3) is 6.08 Å². The van der Waals surface area contributed by atoms with E-state index in [9.17, 15) is 22.8 Å². The molecule has 2 rings (SSSR count). The van der Waals surface area contributed by atoms with Crippen LogP contribution in [0.15, 0.2) is 40.9 Å². The monoisotopic (exact) mass is 584 g/mol. The van der Waals surface area contributed by atoms with Crippen molar-refractivity contribution >= 4 is 68.6 Å². The molecule has 0 aliphatic heterocycles. The molecule has 0 spiro atoms. The van der Waals surface area contributed by atoms with Crippen LogP contribution in [0.1, 0.15) is 41.3 Å². The van der Waals surface area contributed by atoms with E-state index in [1.807, 2.05) is 0 Å². The maximum Gasteiger partial charge on any atom is 0.399 e. The second-order valence-electron chi connectivity index (χ2n) is 7.23. The normalized spacial score (nSPS) is 13.6. The zero-order valence-electron chi connectivity index (χ0n) is 17.4. The number of hydrogen-bond donors (Lipinski definition) is 2. The fourth-order valence-corrected chi connectivity index (χ4v) is 4.03. The van der Waals surface area contributed by atoms with Gasteiger partial charge in [0.25, 0.3) is 5.91 Å². The highest BCUT2D eigenvalue weighted by molar-refractivity contribution is 9.10. The summed E-state index contributed by atoms with van der Waals surface area (Å²) in [4.78, 5) is 23.4. The van der Waals surface area contributed by atoms with E-state index < -0.39 is 18.0 Å². The van der Waals surface area contributed by atoms with Crippen molar-refractivity contribution in [1.82, 2.24) is 10.6 Å². The summed E-state index contributed by atoms with van der Waals surface area (Å²) in [6.45, 7) is 3.36. The van der Waals surface area contributed by atoms with Gasteiger partial charge < -0.3 is 10.6 Å². The van der Waals surface area contributed by atoms with Crippen LogP contribution in [0, 0.1) is 0 Å². The van der Waals surface area contributed by atoms with Crippen molar-refractivity contribution in [3.8, 4) is 0 Å². The first kappa shape index (κ1) is 27.5. The van der Waals surface area contributed by atoms with Crippen molar-refractivity contribution in [2.45, 2.75) is 32.0 Å². The first-order valence-corrected chi connectivity index (χ1v) is 11.5. The van der Waals surface area contributed by atoms with Gasteiger partial charge in [0.1, 0.15) is 0 Å². The van der Waals surface area contributed by atoms with Gasteiger partial charge in [0.05, 0.1) is 26.5 Å². The highest BCUT2D eigenvalue weighted by Gasteiger charge is 2.39. The van der Waals surface area contributed by atoms with E-state index >= 15 is 0 Å². The molecule has 0 heterocycles. The lowest BCUT2D eigenvalue weighted by Crippen LogP contribution is -2.41. The number of carbonyl (C=O) groups excluding carboxylic acids is 2. The van der Waals surface area contributed by atoms with Crippen molar-refractivity contribution in [2.24, 2.45) is 0 Å². The third-order valence-electron chi connectivity index (χ3n) is 4.47. The van der Waals surface area contributed by atoms with Crippen LogP contribution in [0.5, 0.6) is 0 Å². The predicted octanol–water partition coefficient (Wildman–Crippen LogP) is 7.02. The molecule has 2 N–H and O–H groups in total. The van der Waals surface area contributed by atoms with E-state index in [4.69, 9.17) is 34.8 Å². The van der Waals surface area contributed by atoms with E-state index in [2.05, 4.69) is 26.6 Å². The van der Waals surface area contributed by atoms with Crippen molar-refractivity contribution in [1.29, 1.82) is 0 Å². The van der Waals surface area contributed by atoms with E-state index in [1.54, 1.807) is 6.92 Å². The average Bonchev–Trinajstić information content (AvgIpc) is 2.69. The molecule has 33 heavy (non-hydrogen) atoms. The SMILES string of the molecule is CC(=O)NCC(C)NC(=O)c1ccc(/C=C/C(c2cc(Cl)c(Cl)c(Cl)c2)C(F)(F)F)cc1Br. The van der Waals surface area contributed by atoms with Crippen LogP contribution in [0.2, 0.25) is 15.1 Å². The summed E-state index contributed by atoms with van der Waals surface area (Å²) in [7, 11) is 0. The standard InChI is InChI=1S/C22H19BrCl3F3N2O2/c1-11(10-30-12(2)32)31-21(33)15-5-3-13(7-17(15)23)4-6-16(22(27,28)29)14-8-18(24)20(26)19(25)9-14/h3-9,11,16H,10H2,1-2H3,(H,30,32)(H,31,33)/b6-4+. The second kappa shape index (κ2) is 11.6. The second-order valence-corrected chi connectivity index (χ2v) is 9.27. The topological polar surface area (TPSA) is 58.2 Å². The molecule has 2 atom stereocenters. The Hall–Kier alpha value is -1.74. The summed E-state index contributed by atoms with van der Waals surface area (Å²) in [5.74, 6) is -2.58. The third-order valence-corrected chi connectivity index (χ3v) is 6.32. The molecule has 2 unspecified atom stereocenters. The number of amides is 2. The minimum atomic E-state index is -4.60. The van der Waals surface area contributed by atoms with Crippen molar-refractivity contribution in [2.75, 3.05) is 6.54 Å². The first-order chi connectivity index (χ1) is 15.3. The van der Waals surface area contributed by atoms with Gasteiger partial charge in [-0.25, -0.2) is 0 Å². The molecular formula is C22H19BrCl3F3N2O2. The van der Waals surface area contributed by atoms with Gasteiger partial charge in [-0.3, -0.25) is 9.59 Å². The molecule has 0 aromatic heterocycles. The Balaban J connectivity index is 2.23. The van der Waals surface area contributed by atoms with Gasteiger partial charge >= 0.3 is 6.18 Å². The number of carbonyl (C=O) groups is 2. The minimum Gasteiger partial charge on any atom is -0.354 e. The number of rotatable bonds is 7. The predicted molar refractivity (Wildman–Crippen MR) is 129 cm³/mol. The summed E-state index contributed by atoms with van der Waals surface area (Å²) in [5.41, 5.74) is 0.581. The number of nitrogens with one attached hydrogen (secondary N) is 2. The molecular weight excluding hydrogens is 568 g/mol. The van der Waals surface area contributed by atoms with Crippen molar-refractivity contribution in [3.05, 3.63) is 72.6 Å². The summed E-state index contributed by atoms with van der Waals surface area (Å²) >= 11 is 20.9. The van der Waals surface area contributed by atoms with Crippen LogP contribution in [-0.2, 0) is 4.79 Å². The Morgan fingerprint density at radius 2 is 1.73 bits per heavy atom. The molecule has 2 amide bonds. The van der Waals surface area contributed by atoms with Crippen LogP contribution in [0.4, 0.5) is 13.2 Å². The molecule has 4 nitrogen and oxygen atoms in total. The molecule has 178 valence electrons. The zero-order chi connectivity index (χ0) is 24.9. The number of halogens is 7. The van der Waals surface area contributed by atoms with Crippen LogP contribution >= 0.6 is 50.7 Å². The van der Waals surface area contributed by atoms with Gasteiger partial charge in [-0.05, 0) is 58.2 Å². The van der Waals surface area contributed by atoms with Gasteiger partial charge in [0, 0.05) is 24.0 Å². The molecule has 0 fully saturated rings. The Labute approximate surface area is 212 Å². The zero-order valence-corrected chi connectivity index (χ0v) is 21.2. The van der Waals surface area contributed by atoms with Crippen LogP contribution in [0.3, 0.4) is 0 Å². The van der Waals surface area contributed by atoms with Crippen molar-refractivity contribution < 1.29 is 22.8 Å². The Morgan fingerprint density at radius 1 is 1.12 bits per heavy atom. The third kappa shape index (κ3) is 7.91. The smallest absolute Gasteiger partial charge is 0.354 e. The minimum absolute atomic E-state index is 0.0174. The maximum absolute atomic E-state index is 13.7. The number of allylic oxidation sites excluding steroid dienone is 1. The highest BCUT2D eigenvalue weighted by atomic mass is 79.9. The molecule has 0 saturated heterocycles. The summed E-state index contributed by atoms with van der Waals surface area (Å²) in [6.07, 6.45) is -2.33. The molecule has 2 aromatic carbocycles. The van der Waals surface area contributed by atoms with Crippen LogP contribution in [-0.4, -0.2) is 30.6 Å². The number of benzene rings is 2. The molecule has 0 radical (unpaired) electrons. The summed E-state index contributed by atoms with van der Waals surface area (Å²) in [5, 5.41) is 5.16. The van der Waals surface area contributed by atoms with E-state index in [0.29, 0.717) is 15.6 Å². The number of alkyl halides is 3. The molecule has 0 saturated carbocycles. The maximum atomic E-state index is 13.7. The highest BCUT2D eigenvalue weighted by Crippen LogP contribution is 2.41. The van der Waals surface area contributed by atoms with Crippen molar-refractivity contribution in [3.63, 3.8) is 0 Å². The molecule has 0 aliphatic carbocycles. The fourth-order valence-electron chi connectivity index (χ4n) is 2.84. The molecule has 0 bridgehead atoms. The van der Waals surface area contributed by atoms with E-state index in [0.717, 1.165) is 18.2 Å². The molecule has 2 aromatic rings.